The highest BCUT2D eigenvalue weighted by atomic mass is 19.1. The van der Waals surface area contributed by atoms with E-state index in [1.54, 1.807) is 49.6 Å². The molecule has 0 radical (unpaired) electrons. The lowest BCUT2D eigenvalue weighted by Crippen LogP contribution is -2.37. The van der Waals surface area contributed by atoms with Crippen molar-refractivity contribution >= 4 is 11.8 Å². The van der Waals surface area contributed by atoms with Crippen LogP contribution in [0.5, 0.6) is 5.75 Å². The maximum Gasteiger partial charge on any atom is 0.239 e. The summed E-state index contributed by atoms with van der Waals surface area (Å²) in [6.07, 6.45) is 0.171. The maximum absolute atomic E-state index is 13.4. The number of hydrogen-bond donors (Lipinski definition) is 2. The minimum Gasteiger partial charge on any atom is -0.497 e. The molecule has 0 aliphatic heterocycles. The predicted octanol–water partition coefficient (Wildman–Crippen LogP) is 1.81. The first kappa shape index (κ1) is 17.5. The minimum absolute atomic E-state index is 0.0832. The van der Waals surface area contributed by atoms with Crippen LogP contribution in [0.25, 0.3) is 0 Å². The van der Waals surface area contributed by atoms with Gasteiger partial charge in [-0.3, -0.25) is 9.59 Å². The molecule has 2 aromatic rings. The van der Waals surface area contributed by atoms with Crippen LogP contribution >= 0.6 is 0 Å². The van der Waals surface area contributed by atoms with Crippen molar-refractivity contribution in [2.75, 3.05) is 13.7 Å². The molecule has 126 valence electrons. The molecule has 5 nitrogen and oxygen atoms in total. The van der Waals surface area contributed by atoms with E-state index in [9.17, 15) is 14.0 Å². The molecule has 0 spiro atoms. The van der Waals surface area contributed by atoms with Gasteiger partial charge < -0.3 is 15.4 Å². The fourth-order valence-corrected chi connectivity index (χ4v) is 2.07. The number of benzene rings is 2. The fourth-order valence-electron chi connectivity index (χ4n) is 2.07. The van der Waals surface area contributed by atoms with Crippen LogP contribution in [0.4, 0.5) is 4.39 Å². The largest absolute Gasteiger partial charge is 0.497 e. The van der Waals surface area contributed by atoms with Crippen molar-refractivity contribution in [3.63, 3.8) is 0 Å². The number of rotatable bonds is 7. The lowest BCUT2D eigenvalue weighted by atomic mass is 10.1. The Labute approximate surface area is 139 Å². The normalized spacial score (nSPS) is 10.1. The Morgan fingerprint density at radius 1 is 1.00 bits per heavy atom. The minimum atomic E-state index is -0.374. The Bertz CT molecular complexity index is 702. The third-order valence-electron chi connectivity index (χ3n) is 3.40. The summed E-state index contributed by atoms with van der Waals surface area (Å²) in [4.78, 5) is 23.5. The van der Waals surface area contributed by atoms with Gasteiger partial charge in [0.05, 0.1) is 20.1 Å². The second kappa shape index (κ2) is 8.67. The summed E-state index contributed by atoms with van der Waals surface area (Å²) in [5, 5.41) is 5.10. The molecule has 2 amide bonds. The highest BCUT2D eigenvalue weighted by molar-refractivity contribution is 5.85. The molecule has 0 aromatic heterocycles. The van der Waals surface area contributed by atoms with E-state index in [2.05, 4.69) is 10.6 Å². The third-order valence-corrected chi connectivity index (χ3v) is 3.40. The molecular weight excluding hydrogens is 311 g/mol. The second-order valence-electron chi connectivity index (χ2n) is 5.17. The second-order valence-corrected chi connectivity index (χ2v) is 5.17. The number of halogens is 1. The van der Waals surface area contributed by atoms with E-state index in [-0.39, 0.29) is 37.1 Å². The van der Waals surface area contributed by atoms with Crippen LogP contribution in [0.1, 0.15) is 11.1 Å². The molecular formula is C18H19FN2O3. The summed E-state index contributed by atoms with van der Waals surface area (Å²) in [7, 11) is 1.57. The highest BCUT2D eigenvalue weighted by Crippen LogP contribution is 2.11. The molecule has 0 bridgehead atoms. The van der Waals surface area contributed by atoms with E-state index in [1.165, 1.54) is 6.07 Å². The summed E-state index contributed by atoms with van der Waals surface area (Å²) in [6.45, 7) is -0.0662. The van der Waals surface area contributed by atoms with Gasteiger partial charge in [0.1, 0.15) is 11.6 Å². The number of carbonyl (C=O) groups is 2. The Kier molecular flexibility index (Phi) is 6.31. The first-order valence-corrected chi connectivity index (χ1v) is 7.48. The van der Waals surface area contributed by atoms with E-state index in [0.717, 1.165) is 5.56 Å². The highest BCUT2D eigenvalue weighted by Gasteiger charge is 2.08. The molecule has 0 fully saturated rings. The van der Waals surface area contributed by atoms with Crippen LogP contribution < -0.4 is 15.4 Å². The van der Waals surface area contributed by atoms with Crippen LogP contribution in [0, 0.1) is 5.82 Å². The number of ether oxygens (including phenoxy) is 1. The zero-order valence-corrected chi connectivity index (χ0v) is 13.3. The Balaban J connectivity index is 1.72. The summed E-state index contributed by atoms with van der Waals surface area (Å²) >= 11 is 0. The monoisotopic (exact) mass is 330 g/mol. The predicted molar refractivity (Wildman–Crippen MR) is 88.0 cm³/mol. The Morgan fingerprint density at radius 2 is 1.71 bits per heavy atom. The molecule has 0 atom stereocenters. The molecule has 0 aliphatic carbocycles. The summed E-state index contributed by atoms with van der Waals surface area (Å²) in [6, 6.07) is 13.3. The lowest BCUT2D eigenvalue weighted by molar-refractivity contribution is -0.125. The van der Waals surface area contributed by atoms with Gasteiger partial charge in [0, 0.05) is 12.1 Å². The molecule has 2 rings (SSSR count). The van der Waals surface area contributed by atoms with Crippen LogP contribution in [-0.4, -0.2) is 25.5 Å². The van der Waals surface area contributed by atoms with Gasteiger partial charge in [-0.05, 0) is 23.8 Å². The van der Waals surface area contributed by atoms with Crippen LogP contribution in [0.2, 0.25) is 0 Å². The Hall–Kier alpha value is -2.89. The van der Waals surface area contributed by atoms with Crippen molar-refractivity contribution in [2.45, 2.75) is 13.0 Å². The van der Waals surface area contributed by atoms with Gasteiger partial charge >= 0.3 is 0 Å². The van der Waals surface area contributed by atoms with Gasteiger partial charge in [0.25, 0.3) is 0 Å². The first-order valence-electron chi connectivity index (χ1n) is 7.48. The number of nitrogens with one attached hydrogen (secondary N) is 2. The fraction of sp³-hybridized carbons (Fsp3) is 0.222. The molecule has 0 saturated carbocycles. The quantitative estimate of drug-likeness (QED) is 0.814. The van der Waals surface area contributed by atoms with E-state index < -0.39 is 0 Å². The molecule has 24 heavy (non-hydrogen) atoms. The maximum atomic E-state index is 13.4. The average Bonchev–Trinajstić information content (AvgIpc) is 2.60. The first-order chi connectivity index (χ1) is 11.6. The lowest BCUT2D eigenvalue weighted by Gasteiger charge is -2.08. The number of carbonyl (C=O) groups excluding carboxylic acids is 2. The van der Waals surface area contributed by atoms with E-state index in [4.69, 9.17) is 4.74 Å². The zero-order valence-electron chi connectivity index (χ0n) is 13.3. The molecule has 0 aliphatic rings. The molecule has 0 saturated heterocycles. The van der Waals surface area contributed by atoms with Gasteiger partial charge in [-0.25, -0.2) is 4.39 Å². The smallest absolute Gasteiger partial charge is 0.239 e. The van der Waals surface area contributed by atoms with E-state index in [0.29, 0.717) is 11.3 Å². The summed E-state index contributed by atoms with van der Waals surface area (Å²) < 4.78 is 18.5. The van der Waals surface area contributed by atoms with Crippen LogP contribution in [-0.2, 0) is 22.6 Å². The van der Waals surface area contributed by atoms with Gasteiger partial charge in [-0.2, -0.15) is 0 Å². The van der Waals surface area contributed by atoms with Gasteiger partial charge in [-0.1, -0.05) is 30.3 Å². The number of hydrogen-bond acceptors (Lipinski definition) is 3. The zero-order chi connectivity index (χ0) is 17.4. The molecule has 2 aromatic carbocycles. The SMILES string of the molecule is COc1ccc(CC(=O)NCC(=O)NCc2ccccc2F)cc1. The van der Waals surface area contributed by atoms with Gasteiger partial charge in [0.15, 0.2) is 0 Å². The van der Waals surface area contributed by atoms with Gasteiger partial charge in [-0.15, -0.1) is 0 Å². The third kappa shape index (κ3) is 5.39. The molecule has 0 heterocycles. The summed E-state index contributed by atoms with van der Waals surface area (Å²) in [5.41, 5.74) is 1.22. The van der Waals surface area contributed by atoms with Crippen molar-refractivity contribution in [3.05, 3.63) is 65.5 Å². The van der Waals surface area contributed by atoms with Gasteiger partial charge in [0.2, 0.25) is 11.8 Å². The van der Waals surface area contributed by atoms with Crippen LogP contribution in [0.15, 0.2) is 48.5 Å². The van der Waals surface area contributed by atoms with Crippen LogP contribution in [0.3, 0.4) is 0 Å². The standard InChI is InChI=1S/C18H19FN2O3/c1-24-15-8-6-13(7-9-15)10-17(22)21-12-18(23)20-11-14-4-2-3-5-16(14)19/h2-9H,10-12H2,1H3,(H,20,23)(H,21,22). The number of methoxy groups -OCH3 is 1. The number of amides is 2. The van der Waals surface area contributed by atoms with Crippen molar-refractivity contribution in [3.8, 4) is 5.75 Å². The van der Waals surface area contributed by atoms with Crippen molar-refractivity contribution in [1.82, 2.24) is 10.6 Å². The molecule has 6 heteroatoms. The average molecular weight is 330 g/mol. The van der Waals surface area contributed by atoms with Crippen molar-refractivity contribution in [2.24, 2.45) is 0 Å². The van der Waals surface area contributed by atoms with E-state index >= 15 is 0 Å². The summed E-state index contributed by atoms with van der Waals surface area (Å²) in [5.74, 6) is -0.296. The Morgan fingerprint density at radius 3 is 2.38 bits per heavy atom. The molecule has 2 N–H and O–H groups in total. The van der Waals surface area contributed by atoms with Crippen molar-refractivity contribution in [1.29, 1.82) is 0 Å². The van der Waals surface area contributed by atoms with E-state index in [1.807, 2.05) is 0 Å². The topological polar surface area (TPSA) is 67.4 Å². The molecule has 0 unspecified atom stereocenters. The van der Waals surface area contributed by atoms with Crippen molar-refractivity contribution < 1.29 is 18.7 Å².